The average molecular weight is 446 g/mol. The van der Waals surface area contributed by atoms with Gasteiger partial charge in [0.05, 0.1) is 16.9 Å². The molecule has 1 aromatic heterocycles. The molecule has 3 rings (SSSR count). The molecule has 0 unspecified atom stereocenters. The van der Waals surface area contributed by atoms with Crippen LogP contribution in [-0.2, 0) is 19.6 Å². The number of aryl methyl sites for hydroxylation is 1. The molecule has 0 saturated carbocycles. The van der Waals surface area contributed by atoms with Crippen LogP contribution in [0.5, 0.6) is 0 Å². The average Bonchev–Trinajstić information content (AvgIpc) is 3.16. The third kappa shape index (κ3) is 4.84. The Balaban J connectivity index is 1.75. The molecule has 10 heteroatoms. The van der Waals surface area contributed by atoms with Crippen LogP contribution in [0.2, 0.25) is 0 Å². The van der Waals surface area contributed by atoms with Gasteiger partial charge in [-0.1, -0.05) is 30.3 Å². The standard InChI is InChI=1S/C20H19N3O5S2/c1-14-13-29-20(21-14)22-18(24)12-28-19(25)16-10-6-7-11-17(16)30(26,27)23(2)15-8-4-3-5-9-15/h3-11,13H,12H2,1-2H3,(H,21,22,24). The smallest absolute Gasteiger partial charge is 0.340 e. The summed E-state index contributed by atoms with van der Waals surface area (Å²) in [6.07, 6.45) is 0. The van der Waals surface area contributed by atoms with Crippen molar-refractivity contribution in [1.82, 2.24) is 4.98 Å². The molecule has 8 nitrogen and oxygen atoms in total. The van der Waals surface area contributed by atoms with Gasteiger partial charge in [0.1, 0.15) is 4.90 Å². The highest BCUT2D eigenvalue weighted by Crippen LogP contribution is 2.25. The lowest BCUT2D eigenvalue weighted by Gasteiger charge is -2.20. The normalized spacial score (nSPS) is 11.0. The number of thiazole rings is 1. The van der Waals surface area contributed by atoms with Crippen molar-refractivity contribution in [1.29, 1.82) is 0 Å². The van der Waals surface area contributed by atoms with Crippen molar-refractivity contribution in [3.05, 3.63) is 71.2 Å². The van der Waals surface area contributed by atoms with E-state index < -0.39 is 28.5 Å². The van der Waals surface area contributed by atoms with Crippen molar-refractivity contribution in [2.24, 2.45) is 0 Å². The summed E-state index contributed by atoms with van der Waals surface area (Å²) >= 11 is 1.25. The van der Waals surface area contributed by atoms with Crippen molar-refractivity contribution < 1.29 is 22.7 Å². The molecule has 0 fully saturated rings. The van der Waals surface area contributed by atoms with Gasteiger partial charge >= 0.3 is 5.97 Å². The second-order valence-electron chi connectivity index (χ2n) is 6.22. The summed E-state index contributed by atoms with van der Waals surface area (Å²) in [6, 6.07) is 14.2. The van der Waals surface area contributed by atoms with Gasteiger partial charge in [0.25, 0.3) is 15.9 Å². The summed E-state index contributed by atoms with van der Waals surface area (Å²) in [4.78, 5) is 28.4. The van der Waals surface area contributed by atoms with Gasteiger partial charge in [0, 0.05) is 12.4 Å². The van der Waals surface area contributed by atoms with Crippen LogP contribution >= 0.6 is 11.3 Å². The number of para-hydroxylation sites is 1. The SMILES string of the molecule is Cc1csc(NC(=O)COC(=O)c2ccccc2S(=O)(=O)N(C)c2ccccc2)n1. The van der Waals surface area contributed by atoms with E-state index in [1.165, 1.54) is 42.6 Å². The summed E-state index contributed by atoms with van der Waals surface area (Å²) in [7, 11) is -2.63. The molecule has 0 spiro atoms. The van der Waals surface area contributed by atoms with Crippen LogP contribution in [0.3, 0.4) is 0 Å². The minimum atomic E-state index is -4.03. The number of hydrogen-bond donors (Lipinski definition) is 1. The van der Waals surface area contributed by atoms with Crippen LogP contribution in [0.1, 0.15) is 16.1 Å². The van der Waals surface area contributed by atoms with E-state index >= 15 is 0 Å². The van der Waals surface area contributed by atoms with E-state index in [1.54, 1.807) is 42.6 Å². The molecule has 0 atom stereocenters. The van der Waals surface area contributed by atoms with Gasteiger partial charge in [-0.2, -0.15) is 0 Å². The van der Waals surface area contributed by atoms with E-state index in [0.29, 0.717) is 10.8 Å². The molecule has 0 saturated heterocycles. The molecule has 0 bridgehead atoms. The molecular weight excluding hydrogens is 426 g/mol. The maximum Gasteiger partial charge on any atom is 0.340 e. The van der Waals surface area contributed by atoms with Crippen LogP contribution in [0.4, 0.5) is 10.8 Å². The third-order valence-corrected chi connectivity index (χ3v) is 6.78. The largest absolute Gasteiger partial charge is 0.452 e. The number of benzene rings is 2. The lowest BCUT2D eigenvalue weighted by molar-refractivity contribution is -0.119. The fraction of sp³-hybridized carbons (Fsp3) is 0.150. The van der Waals surface area contributed by atoms with E-state index in [1.807, 2.05) is 0 Å². The van der Waals surface area contributed by atoms with E-state index in [2.05, 4.69) is 10.3 Å². The van der Waals surface area contributed by atoms with E-state index in [-0.39, 0.29) is 10.5 Å². The monoisotopic (exact) mass is 445 g/mol. The summed E-state index contributed by atoms with van der Waals surface area (Å²) in [6.45, 7) is 1.22. The van der Waals surface area contributed by atoms with E-state index in [4.69, 9.17) is 4.74 Å². The number of anilines is 2. The molecule has 1 heterocycles. The molecule has 0 aliphatic rings. The van der Waals surface area contributed by atoms with Gasteiger partial charge in [-0.3, -0.25) is 14.4 Å². The molecule has 0 aliphatic heterocycles. The molecule has 156 valence electrons. The Kier molecular flexibility index (Phi) is 6.48. The second kappa shape index (κ2) is 9.06. The zero-order valence-electron chi connectivity index (χ0n) is 16.2. The number of aromatic nitrogens is 1. The van der Waals surface area contributed by atoms with Gasteiger partial charge < -0.3 is 4.74 Å². The quantitative estimate of drug-likeness (QED) is 0.560. The lowest BCUT2D eigenvalue weighted by Crippen LogP contribution is -2.28. The number of nitrogens with zero attached hydrogens (tertiary/aromatic N) is 2. The Hall–Kier alpha value is -3.24. The predicted molar refractivity (Wildman–Crippen MR) is 114 cm³/mol. The summed E-state index contributed by atoms with van der Waals surface area (Å²) in [5.41, 5.74) is 1.05. The Morgan fingerprint density at radius 1 is 1.10 bits per heavy atom. The lowest BCUT2D eigenvalue weighted by atomic mass is 10.2. The minimum absolute atomic E-state index is 0.154. The van der Waals surface area contributed by atoms with Crippen LogP contribution in [0, 0.1) is 6.92 Å². The number of esters is 1. The van der Waals surface area contributed by atoms with Gasteiger partial charge in [0.15, 0.2) is 11.7 Å². The third-order valence-electron chi connectivity index (χ3n) is 4.06. The molecule has 3 aromatic rings. The van der Waals surface area contributed by atoms with Crippen LogP contribution < -0.4 is 9.62 Å². The number of ether oxygens (including phenoxy) is 1. The molecule has 30 heavy (non-hydrogen) atoms. The Labute approximate surface area is 178 Å². The second-order valence-corrected chi connectivity index (χ2v) is 9.02. The number of carbonyl (C=O) groups excluding carboxylic acids is 2. The fourth-order valence-electron chi connectivity index (χ4n) is 2.56. The first kappa shape index (κ1) is 21.5. The molecule has 1 amide bonds. The fourth-order valence-corrected chi connectivity index (χ4v) is 4.64. The number of hydrogen-bond acceptors (Lipinski definition) is 7. The van der Waals surface area contributed by atoms with Crippen molar-refractivity contribution in [3.63, 3.8) is 0 Å². The minimum Gasteiger partial charge on any atom is -0.452 e. The number of nitrogens with one attached hydrogen (secondary N) is 1. The first-order chi connectivity index (χ1) is 14.3. The molecular formula is C20H19N3O5S2. The topological polar surface area (TPSA) is 106 Å². The highest BCUT2D eigenvalue weighted by atomic mass is 32.2. The Morgan fingerprint density at radius 2 is 1.77 bits per heavy atom. The van der Waals surface area contributed by atoms with Crippen LogP contribution in [0.15, 0.2) is 64.9 Å². The Bertz CT molecular complexity index is 1160. The maximum absolute atomic E-state index is 13.1. The molecule has 2 aromatic carbocycles. The van der Waals surface area contributed by atoms with Crippen molar-refractivity contribution in [2.75, 3.05) is 23.3 Å². The number of rotatable bonds is 7. The zero-order chi connectivity index (χ0) is 21.7. The summed E-state index contributed by atoms with van der Waals surface area (Å²) in [5, 5.41) is 4.68. The van der Waals surface area contributed by atoms with Gasteiger partial charge in [-0.25, -0.2) is 18.2 Å². The van der Waals surface area contributed by atoms with Crippen molar-refractivity contribution in [3.8, 4) is 0 Å². The molecule has 0 radical (unpaired) electrons. The highest BCUT2D eigenvalue weighted by molar-refractivity contribution is 7.92. The summed E-state index contributed by atoms with van der Waals surface area (Å²) in [5.74, 6) is -1.49. The molecule has 0 aliphatic carbocycles. The summed E-state index contributed by atoms with van der Waals surface area (Å²) < 4.78 is 32.3. The van der Waals surface area contributed by atoms with Crippen LogP contribution in [0.25, 0.3) is 0 Å². The van der Waals surface area contributed by atoms with Crippen LogP contribution in [-0.4, -0.2) is 38.9 Å². The van der Waals surface area contributed by atoms with Crippen molar-refractivity contribution in [2.45, 2.75) is 11.8 Å². The maximum atomic E-state index is 13.1. The zero-order valence-corrected chi connectivity index (χ0v) is 17.9. The number of sulfonamides is 1. The Morgan fingerprint density at radius 3 is 2.43 bits per heavy atom. The highest BCUT2D eigenvalue weighted by Gasteiger charge is 2.27. The molecule has 1 N–H and O–H groups in total. The van der Waals surface area contributed by atoms with Gasteiger partial charge in [-0.15, -0.1) is 11.3 Å². The van der Waals surface area contributed by atoms with E-state index in [0.717, 1.165) is 10.00 Å². The van der Waals surface area contributed by atoms with E-state index in [9.17, 15) is 18.0 Å². The first-order valence-electron chi connectivity index (χ1n) is 8.81. The number of amides is 1. The number of carbonyl (C=O) groups is 2. The van der Waals surface area contributed by atoms with Gasteiger partial charge in [-0.05, 0) is 31.2 Å². The van der Waals surface area contributed by atoms with Crippen molar-refractivity contribution >= 4 is 44.1 Å². The van der Waals surface area contributed by atoms with Gasteiger partial charge in [0.2, 0.25) is 0 Å². The first-order valence-corrected chi connectivity index (χ1v) is 11.1. The predicted octanol–water partition coefficient (Wildman–Crippen LogP) is 3.07.